The normalized spacial score (nSPS) is 11.4. The minimum Gasteiger partial charge on any atom is -0.489 e. The van der Waals surface area contributed by atoms with Gasteiger partial charge in [-0.1, -0.05) is 35.9 Å². The van der Waals surface area contributed by atoms with E-state index in [1.807, 2.05) is 18.2 Å². The zero-order chi connectivity index (χ0) is 18.2. The van der Waals surface area contributed by atoms with Crippen molar-refractivity contribution in [2.45, 2.75) is 12.8 Å². The third kappa shape index (κ3) is 7.20. The summed E-state index contributed by atoms with van der Waals surface area (Å²) in [4.78, 5) is 12.9. The Morgan fingerprint density at radius 1 is 1.23 bits per heavy atom. The van der Waals surface area contributed by atoms with Crippen molar-refractivity contribution in [3.63, 3.8) is 0 Å². The summed E-state index contributed by atoms with van der Waals surface area (Å²) in [7, 11) is 3.33. The Balaban J connectivity index is 0.00000338. The van der Waals surface area contributed by atoms with E-state index in [9.17, 15) is 9.18 Å². The Hall–Kier alpha value is -1.82. The smallest absolute Gasteiger partial charge is 0.236 e. The molecule has 142 valence electrons. The third-order valence-corrected chi connectivity index (χ3v) is 3.85. The number of amides is 1. The van der Waals surface area contributed by atoms with Crippen molar-refractivity contribution in [1.82, 2.24) is 10.2 Å². The first-order chi connectivity index (χ1) is 12.0. The van der Waals surface area contributed by atoms with Crippen molar-refractivity contribution in [2.75, 3.05) is 27.2 Å². The number of carbonyl (C=O) groups is 1. The molecule has 1 amide bonds. The number of rotatable bonds is 8. The molecule has 0 radical (unpaired) electrons. The van der Waals surface area contributed by atoms with E-state index in [1.165, 1.54) is 4.90 Å². The Morgan fingerprint density at radius 3 is 2.65 bits per heavy atom. The van der Waals surface area contributed by atoms with Gasteiger partial charge in [-0.05, 0) is 35.4 Å². The van der Waals surface area contributed by atoms with E-state index in [1.54, 1.807) is 44.4 Å². The summed E-state index contributed by atoms with van der Waals surface area (Å²) in [5.74, 6) is 0.496. The Bertz CT molecular complexity index is 713. The van der Waals surface area contributed by atoms with E-state index in [0.717, 1.165) is 5.56 Å². The van der Waals surface area contributed by atoms with E-state index < -0.39 is 6.17 Å². The van der Waals surface area contributed by atoms with Gasteiger partial charge in [-0.25, -0.2) is 4.39 Å². The molecule has 2 rings (SSSR count). The number of carbonyl (C=O) groups excluding carboxylic acids is 1. The van der Waals surface area contributed by atoms with Gasteiger partial charge >= 0.3 is 0 Å². The van der Waals surface area contributed by atoms with E-state index in [-0.39, 0.29) is 31.4 Å². The minimum atomic E-state index is -1.22. The highest BCUT2D eigenvalue weighted by Crippen LogP contribution is 2.22. The van der Waals surface area contributed by atoms with Crippen molar-refractivity contribution < 1.29 is 13.9 Å². The van der Waals surface area contributed by atoms with Gasteiger partial charge in [-0.2, -0.15) is 0 Å². The van der Waals surface area contributed by atoms with Gasteiger partial charge in [-0.15, -0.1) is 12.4 Å². The van der Waals surface area contributed by atoms with Crippen LogP contribution in [0.3, 0.4) is 0 Å². The lowest BCUT2D eigenvalue weighted by Gasteiger charge is -2.14. The standard InChI is InChI=1S/C19H22ClFN2O2.ClH/c1-23(2)19(24)12-22-11-18(21)15-6-4-8-17(10-15)25-13-14-5-3-7-16(20)9-14;/h3-10,18,22H,11-13H2,1-2H3;1H. The molecule has 0 heterocycles. The highest BCUT2D eigenvalue weighted by Gasteiger charge is 2.12. The molecule has 0 aromatic heterocycles. The Morgan fingerprint density at radius 2 is 1.96 bits per heavy atom. The van der Waals surface area contributed by atoms with Crippen LogP contribution in [0, 0.1) is 0 Å². The van der Waals surface area contributed by atoms with Crippen LogP contribution in [0.1, 0.15) is 17.3 Å². The van der Waals surface area contributed by atoms with Crippen LogP contribution >= 0.6 is 24.0 Å². The van der Waals surface area contributed by atoms with E-state index in [2.05, 4.69) is 5.32 Å². The molecule has 0 spiro atoms. The quantitative estimate of drug-likeness (QED) is 0.726. The molecule has 7 heteroatoms. The fourth-order valence-electron chi connectivity index (χ4n) is 2.17. The topological polar surface area (TPSA) is 41.6 Å². The average Bonchev–Trinajstić information content (AvgIpc) is 2.60. The number of halogens is 3. The predicted octanol–water partition coefficient (Wildman–Crippen LogP) is 4.03. The molecule has 2 aromatic carbocycles. The lowest BCUT2D eigenvalue weighted by molar-refractivity contribution is -0.127. The molecule has 0 bridgehead atoms. The number of hydrogen-bond acceptors (Lipinski definition) is 3. The molecule has 2 aromatic rings. The van der Waals surface area contributed by atoms with Crippen molar-refractivity contribution in [2.24, 2.45) is 0 Å². The fourth-order valence-corrected chi connectivity index (χ4v) is 2.39. The summed E-state index contributed by atoms with van der Waals surface area (Å²) in [5, 5.41) is 3.48. The predicted molar refractivity (Wildman–Crippen MR) is 105 cm³/mol. The first kappa shape index (κ1) is 22.2. The number of nitrogens with zero attached hydrogens (tertiary/aromatic N) is 1. The number of hydrogen-bond donors (Lipinski definition) is 1. The van der Waals surface area contributed by atoms with Crippen molar-refractivity contribution in [1.29, 1.82) is 0 Å². The zero-order valence-corrected chi connectivity index (χ0v) is 16.3. The Kier molecular flexibility index (Phi) is 9.41. The van der Waals surface area contributed by atoms with Crippen LogP contribution in [0.25, 0.3) is 0 Å². The van der Waals surface area contributed by atoms with Gasteiger partial charge in [0.15, 0.2) is 0 Å². The zero-order valence-electron chi connectivity index (χ0n) is 14.7. The van der Waals surface area contributed by atoms with Gasteiger partial charge in [0.05, 0.1) is 6.54 Å². The molecule has 0 saturated heterocycles. The number of ether oxygens (including phenoxy) is 1. The van der Waals surface area contributed by atoms with Crippen LogP contribution in [0.4, 0.5) is 4.39 Å². The third-order valence-electron chi connectivity index (χ3n) is 3.61. The molecular formula is C19H23Cl2FN2O2. The van der Waals surface area contributed by atoms with E-state index >= 15 is 0 Å². The second-order valence-electron chi connectivity index (χ2n) is 5.88. The maximum Gasteiger partial charge on any atom is 0.236 e. The first-order valence-electron chi connectivity index (χ1n) is 7.98. The highest BCUT2D eigenvalue weighted by molar-refractivity contribution is 6.30. The molecule has 0 fully saturated rings. The lowest BCUT2D eigenvalue weighted by Crippen LogP contribution is -2.34. The Labute approximate surface area is 164 Å². The number of likely N-dealkylation sites (N-methyl/N-ethyl adjacent to an activating group) is 1. The van der Waals surface area contributed by atoms with Crippen LogP contribution in [-0.4, -0.2) is 38.0 Å². The molecule has 0 aliphatic rings. The minimum absolute atomic E-state index is 0. The van der Waals surface area contributed by atoms with Crippen LogP contribution in [-0.2, 0) is 11.4 Å². The summed E-state index contributed by atoms with van der Waals surface area (Å²) in [6.45, 7) is 0.534. The van der Waals surface area contributed by atoms with Gasteiger partial charge in [-0.3, -0.25) is 4.79 Å². The SMILES string of the molecule is CN(C)C(=O)CNCC(F)c1cccc(OCc2cccc(Cl)c2)c1.Cl. The van der Waals surface area contributed by atoms with Gasteiger partial charge < -0.3 is 15.0 Å². The molecular weight excluding hydrogens is 378 g/mol. The number of alkyl halides is 1. The molecule has 0 aliphatic heterocycles. The second-order valence-corrected chi connectivity index (χ2v) is 6.31. The second kappa shape index (κ2) is 11.0. The van der Waals surface area contributed by atoms with Gasteiger partial charge in [0, 0.05) is 25.7 Å². The van der Waals surface area contributed by atoms with E-state index in [0.29, 0.717) is 22.9 Å². The molecule has 0 aliphatic carbocycles. The van der Waals surface area contributed by atoms with E-state index in [4.69, 9.17) is 16.3 Å². The van der Waals surface area contributed by atoms with Gasteiger partial charge in [0.25, 0.3) is 0 Å². The summed E-state index contributed by atoms with van der Waals surface area (Å²) < 4.78 is 20.0. The van der Waals surface area contributed by atoms with Crippen molar-refractivity contribution in [3.8, 4) is 5.75 Å². The summed E-state index contributed by atoms with van der Waals surface area (Å²) in [6.07, 6.45) is -1.22. The summed E-state index contributed by atoms with van der Waals surface area (Å²) in [6, 6.07) is 14.3. The van der Waals surface area contributed by atoms with Crippen LogP contribution in [0.2, 0.25) is 5.02 Å². The molecule has 0 saturated carbocycles. The van der Waals surface area contributed by atoms with Crippen LogP contribution < -0.4 is 10.1 Å². The molecule has 1 atom stereocenters. The number of benzene rings is 2. The monoisotopic (exact) mass is 400 g/mol. The van der Waals surface area contributed by atoms with Crippen LogP contribution in [0.15, 0.2) is 48.5 Å². The van der Waals surface area contributed by atoms with Crippen molar-refractivity contribution >= 4 is 29.9 Å². The maximum atomic E-state index is 14.3. The van der Waals surface area contributed by atoms with Crippen LogP contribution in [0.5, 0.6) is 5.75 Å². The highest BCUT2D eigenvalue weighted by atomic mass is 35.5. The fraction of sp³-hybridized carbons (Fsp3) is 0.316. The summed E-state index contributed by atoms with van der Waals surface area (Å²) in [5.41, 5.74) is 1.45. The van der Waals surface area contributed by atoms with Crippen molar-refractivity contribution in [3.05, 3.63) is 64.7 Å². The first-order valence-corrected chi connectivity index (χ1v) is 8.35. The maximum absolute atomic E-state index is 14.3. The number of nitrogens with one attached hydrogen (secondary N) is 1. The molecule has 1 N–H and O–H groups in total. The lowest BCUT2D eigenvalue weighted by atomic mass is 10.1. The molecule has 1 unspecified atom stereocenters. The molecule has 26 heavy (non-hydrogen) atoms. The average molecular weight is 401 g/mol. The van der Waals surface area contributed by atoms with Gasteiger partial charge in [0.2, 0.25) is 5.91 Å². The largest absolute Gasteiger partial charge is 0.489 e. The van der Waals surface area contributed by atoms with Gasteiger partial charge in [0.1, 0.15) is 18.5 Å². The summed E-state index contributed by atoms with van der Waals surface area (Å²) >= 11 is 5.94. The molecule has 4 nitrogen and oxygen atoms in total.